The zero-order chi connectivity index (χ0) is 12.4. The Balaban J connectivity index is 2.52. The lowest BCUT2D eigenvalue weighted by molar-refractivity contribution is 0.282. The second-order valence-corrected chi connectivity index (χ2v) is 5.02. The smallest absolute Gasteiger partial charge is 0.0705 e. The van der Waals surface area contributed by atoms with E-state index in [0.717, 1.165) is 28.6 Å². The Kier molecular flexibility index (Phi) is 3.43. The summed E-state index contributed by atoms with van der Waals surface area (Å²) in [5, 5.41) is 10.3. The van der Waals surface area contributed by atoms with Gasteiger partial charge in [-0.2, -0.15) is 0 Å². The number of hydrogen-bond acceptors (Lipinski definition) is 2. The van der Waals surface area contributed by atoms with E-state index in [4.69, 9.17) is 5.11 Å². The molecule has 0 aliphatic heterocycles. The lowest BCUT2D eigenvalue weighted by Gasteiger charge is -2.10. The van der Waals surface area contributed by atoms with E-state index in [2.05, 4.69) is 31.8 Å². The molecule has 2 rings (SSSR count). The van der Waals surface area contributed by atoms with Crippen LogP contribution in [0.25, 0.3) is 10.9 Å². The number of nitrogens with zero attached hydrogens (tertiary/aromatic N) is 1. The van der Waals surface area contributed by atoms with Crippen LogP contribution < -0.4 is 0 Å². The Bertz CT molecular complexity index is 532. The Hall–Kier alpha value is -1.41. The quantitative estimate of drug-likeness (QED) is 0.876. The molecule has 1 N–H and O–H groups in total. The largest absolute Gasteiger partial charge is 0.392 e. The maximum Gasteiger partial charge on any atom is 0.0705 e. The highest BCUT2D eigenvalue weighted by Crippen LogP contribution is 2.20. The van der Waals surface area contributed by atoms with Crippen molar-refractivity contribution in [3.05, 3.63) is 41.1 Å². The zero-order valence-corrected chi connectivity index (χ0v) is 10.7. The highest BCUT2D eigenvalue weighted by Gasteiger charge is 2.06. The predicted molar refractivity (Wildman–Crippen MR) is 70.9 cm³/mol. The van der Waals surface area contributed by atoms with Crippen LogP contribution in [-0.2, 0) is 13.0 Å². The van der Waals surface area contributed by atoms with E-state index in [-0.39, 0.29) is 6.61 Å². The number of rotatable bonds is 3. The Morgan fingerprint density at radius 1 is 1.24 bits per heavy atom. The van der Waals surface area contributed by atoms with Gasteiger partial charge >= 0.3 is 0 Å². The van der Waals surface area contributed by atoms with Crippen molar-refractivity contribution in [1.82, 2.24) is 4.98 Å². The molecule has 0 aliphatic rings. The van der Waals surface area contributed by atoms with E-state index in [1.54, 1.807) is 0 Å². The fraction of sp³-hybridized carbons (Fsp3) is 0.400. The number of aliphatic hydroxyl groups excluding tert-OH is 1. The van der Waals surface area contributed by atoms with Crippen LogP contribution in [0.2, 0.25) is 0 Å². The van der Waals surface area contributed by atoms with Crippen molar-refractivity contribution < 1.29 is 5.11 Å². The van der Waals surface area contributed by atoms with Crippen molar-refractivity contribution in [2.75, 3.05) is 0 Å². The molecule has 1 heterocycles. The van der Waals surface area contributed by atoms with Crippen LogP contribution in [0.15, 0.2) is 24.3 Å². The molecular weight excluding hydrogens is 210 g/mol. The van der Waals surface area contributed by atoms with Gasteiger partial charge in [0.25, 0.3) is 0 Å². The zero-order valence-electron chi connectivity index (χ0n) is 10.7. The highest BCUT2D eigenvalue weighted by molar-refractivity contribution is 5.80. The number of pyridine rings is 1. The van der Waals surface area contributed by atoms with Gasteiger partial charge in [0.05, 0.1) is 12.1 Å². The second-order valence-electron chi connectivity index (χ2n) is 5.02. The van der Waals surface area contributed by atoms with Crippen molar-refractivity contribution in [3.63, 3.8) is 0 Å². The van der Waals surface area contributed by atoms with Crippen LogP contribution >= 0.6 is 0 Å². The average molecular weight is 229 g/mol. The third-order valence-corrected chi connectivity index (χ3v) is 2.99. The predicted octanol–water partition coefficient (Wildman–Crippen LogP) is 3.23. The van der Waals surface area contributed by atoms with Gasteiger partial charge in [-0.15, -0.1) is 0 Å². The summed E-state index contributed by atoms with van der Waals surface area (Å²) < 4.78 is 0. The molecule has 2 nitrogen and oxygen atoms in total. The molecule has 0 fully saturated rings. The topological polar surface area (TPSA) is 33.1 Å². The van der Waals surface area contributed by atoms with Gasteiger partial charge in [0.2, 0.25) is 0 Å². The third kappa shape index (κ3) is 2.64. The van der Waals surface area contributed by atoms with Crippen molar-refractivity contribution in [1.29, 1.82) is 0 Å². The van der Waals surface area contributed by atoms with Gasteiger partial charge in [0.1, 0.15) is 0 Å². The maximum atomic E-state index is 9.15. The van der Waals surface area contributed by atoms with Crippen molar-refractivity contribution in [3.8, 4) is 0 Å². The normalized spacial score (nSPS) is 11.4. The second kappa shape index (κ2) is 4.84. The minimum absolute atomic E-state index is 0.0866. The fourth-order valence-corrected chi connectivity index (χ4v) is 2.11. The van der Waals surface area contributed by atoms with Crippen LogP contribution in [0.1, 0.15) is 30.7 Å². The summed E-state index contributed by atoms with van der Waals surface area (Å²) in [6, 6.07) is 8.13. The Morgan fingerprint density at radius 2 is 2.00 bits per heavy atom. The molecule has 0 spiro atoms. The lowest BCUT2D eigenvalue weighted by Crippen LogP contribution is -1.99. The van der Waals surface area contributed by atoms with Gasteiger partial charge < -0.3 is 5.11 Å². The summed E-state index contributed by atoms with van der Waals surface area (Å²) >= 11 is 0. The van der Waals surface area contributed by atoms with Gasteiger partial charge in [0.15, 0.2) is 0 Å². The molecule has 0 bridgehead atoms. The Labute approximate surface area is 102 Å². The van der Waals surface area contributed by atoms with Crippen molar-refractivity contribution in [2.24, 2.45) is 5.92 Å². The molecule has 1 aromatic heterocycles. The van der Waals surface area contributed by atoms with E-state index in [1.165, 1.54) is 5.56 Å². The molecule has 0 saturated heterocycles. The number of benzene rings is 1. The van der Waals surface area contributed by atoms with Gasteiger partial charge in [0, 0.05) is 11.1 Å². The molecule has 1 aromatic carbocycles. The van der Waals surface area contributed by atoms with E-state index in [1.807, 2.05) is 18.2 Å². The molecule has 0 unspecified atom stereocenters. The van der Waals surface area contributed by atoms with Gasteiger partial charge in [-0.3, -0.25) is 4.98 Å². The number of aryl methyl sites for hydroxylation is 1. The molecule has 2 aromatic rings. The number of aliphatic hydroxyl groups is 1. The van der Waals surface area contributed by atoms with Crippen LogP contribution in [0.5, 0.6) is 0 Å². The van der Waals surface area contributed by atoms with Gasteiger partial charge in [-0.05, 0) is 48.6 Å². The first-order valence-electron chi connectivity index (χ1n) is 6.10. The van der Waals surface area contributed by atoms with E-state index in [9.17, 15) is 0 Å². The van der Waals surface area contributed by atoms with Crippen molar-refractivity contribution in [2.45, 2.75) is 33.8 Å². The third-order valence-electron chi connectivity index (χ3n) is 2.99. The number of aromatic nitrogens is 1. The minimum Gasteiger partial charge on any atom is -0.392 e. The van der Waals surface area contributed by atoms with Crippen molar-refractivity contribution >= 4 is 10.9 Å². The number of hydrogen-bond donors (Lipinski definition) is 1. The molecule has 0 atom stereocenters. The van der Waals surface area contributed by atoms with Gasteiger partial charge in [-0.1, -0.05) is 19.9 Å². The Morgan fingerprint density at radius 3 is 2.65 bits per heavy atom. The molecule has 90 valence electrons. The summed E-state index contributed by atoms with van der Waals surface area (Å²) in [5.41, 5.74) is 4.37. The lowest BCUT2D eigenvalue weighted by atomic mass is 9.99. The first kappa shape index (κ1) is 12.1. The summed E-state index contributed by atoms with van der Waals surface area (Å²) in [6.07, 6.45) is 1.05. The molecule has 2 heteroatoms. The summed E-state index contributed by atoms with van der Waals surface area (Å²) in [4.78, 5) is 4.62. The average Bonchev–Trinajstić information content (AvgIpc) is 2.29. The van der Waals surface area contributed by atoms with Crippen LogP contribution in [0.4, 0.5) is 0 Å². The fourth-order valence-electron chi connectivity index (χ4n) is 2.11. The standard InChI is InChI=1S/C15H19NO/c1-10(2)6-13-8-14-7-12(9-17)4-5-15(14)16-11(13)3/h4-5,7-8,10,17H,6,9H2,1-3H3. The molecule has 0 aliphatic carbocycles. The van der Waals surface area contributed by atoms with E-state index < -0.39 is 0 Å². The summed E-state index contributed by atoms with van der Waals surface area (Å²) in [5.74, 6) is 0.633. The molecule has 0 saturated carbocycles. The first-order chi connectivity index (χ1) is 8.10. The summed E-state index contributed by atoms with van der Waals surface area (Å²) in [6.45, 7) is 6.59. The molecule has 0 amide bonds. The van der Waals surface area contributed by atoms with E-state index >= 15 is 0 Å². The monoisotopic (exact) mass is 229 g/mol. The van der Waals surface area contributed by atoms with Gasteiger partial charge in [-0.25, -0.2) is 0 Å². The van der Waals surface area contributed by atoms with Crippen LogP contribution in [0.3, 0.4) is 0 Å². The van der Waals surface area contributed by atoms with Crippen LogP contribution in [0, 0.1) is 12.8 Å². The molecule has 0 radical (unpaired) electrons. The SMILES string of the molecule is Cc1nc2ccc(CO)cc2cc1CC(C)C. The molecular formula is C15H19NO. The van der Waals surface area contributed by atoms with Crippen LogP contribution in [-0.4, -0.2) is 10.1 Å². The highest BCUT2D eigenvalue weighted by atomic mass is 16.3. The number of fused-ring (bicyclic) bond motifs is 1. The first-order valence-corrected chi connectivity index (χ1v) is 6.10. The van der Waals surface area contributed by atoms with E-state index in [0.29, 0.717) is 5.92 Å². The summed E-state index contributed by atoms with van der Waals surface area (Å²) in [7, 11) is 0. The minimum atomic E-state index is 0.0866. The maximum absolute atomic E-state index is 9.15. The molecule has 17 heavy (non-hydrogen) atoms.